The Morgan fingerprint density at radius 2 is 1.68 bits per heavy atom. The molecular formula is C24H21FN4OS. The van der Waals surface area contributed by atoms with E-state index in [0.29, 0.717) is 23.1 Å². The maximum absolute atomic E-state index is 14.5. The number of aromatic nitrogens is 3. The van der Waals surface area contributed by atoms with Gasteiger partial charge in [0.25, 0.3) is 0 Å². The Hall–Kier alpha value is -3.45. The van der Waals surface area contributed by atoms with Crippen molar-refractivity contribution in [3.05, 3.63) is 95.8 Å². The molecule has 0 bridgehead atoms. The summed E-state index contributed by atoms with van der Waals surface area (Å²) < 4.78 is 16.3. The predicted molar refractivity (Wildman–Crippen MR) is 121 cm³/mol. The normalized spacial score (nSPS) is 10.8. The molecular weight excluding hydrogens is 411 g/mol. The summed E-state index contributed by atoms with van der Waals surface area (Å²) in [5.41, 5.74) is 3.31. The molecule has 0 fully saturated rings. The molecule has 156 valence electrons. The molecule has 3 aromatic carbocycles. The summed E-state index contributed by atoms with van der Waals surface area (Å²) in [7, 11) is 0. The van der Waals surface area contributed by atoms with Gasteiger partial charge in [0.15, 0.2) is 11.0 Å². The van der Waals surface area contributed by atoms with Crippen LogP contribution in [-0.2, 0) is 11.3 Å². The van der Waals surface area contributed by atoms with Gasteiger partial charge in [-0.3, -0.25) is 9.36 Å². The zero-order valence-corrected chi connectivity index (χ0v) is 17.8. The molecule has 0 radical (unpaired) electrons. The number of amides is 1. The van der Waals surface area contributed by atoms with Gasteiger partial charge >= 0.3 is 0 Å². The molecule has 1 amide bonds. The quantitative estimate of drug-likeness (QED) is 0.427. The number of aryl methyl sites for hydroxylation is 1. The average Bonchev–Trinajstić information content (AvgIpc) is 3.21. The first-order valence-electron chi connectivity index (χ1n) is 9.82. The van der Waals surface area contributed by atoms with Crippen molar-refractivity contribution < 1.29 is 9.18 Å². The number of benzene rings is 3. The lowest BCUT2D eigenvalue weighted by Crippen LogP contribution is -2.24. The molecule has 1 N–H and O–H groups in total. The molecule has 4 aromatic rings. The molecule has 4 rings (SSSR count). The van der Waals surface area contributed by atoms with Crippen LogP contribution in [0.1, 0.15) is 11.1 Å². The number of nitrogens with one attached hydrogen (secondary N) is 1. The summed E-state index contributed by atoms with van der Waals surface area (Å²) in [6.45, 7) is 2.46. The van der Waals surface area contributed by atoms with Crippen molar-refractivity contribution in [2.45, 2.75) is 18.6 Å². The van der Waals surface area contributed by atoms with Crippen LogP contribution in [-0.4, -0.2) is 26.4 Å². The van der Waals surface area contributed by atoms with E-state index >= 15 is 0 Å². The fourth-order valence-electron chi connectivity index (χ4n) is 3.08. The highest BCUT2D eigenvalue weighted by Gasteiger charge is 2.19. The number of hydrogen-bond acceptors (Lipinski definition) is 4. The number of carbonyl (C=O) groups is 1. The molecule has 0 atom stereocenters. The van der Waals surface area contributed by atoms with Crippen molar-refractivity contribution in [2.24, 2.45) is 0 Å². The highest BCUT2D eigenvalue weighted by Crippen LogP contribution is 2.29. The molecule has 0 aliphatic heterocycles. The SMILES string of the molecule is Cc1ccc(-n2c(SCC(=O)NCc3ccccc3)nnc2-c2ccccc2F)cc1. The fraction of sp³-hybridized carbons (Fsp3) is 0.125. The molecule has 0 saturated heterocycles. The minimum Gasteiger partial charge on any atom is -0.351 e. The molecule has 1 aromatic heterocycles. The van der Waals surface area contributed by atoms with Gasteiger partial charge in [-0.15, -0.1) is 10.2 Å². The Morgan fingerprint density at radius 3 is 2.42 bits per heavy atom. The largest absolute Gasteiger partial charge is 0.351 e. The summed E-state index contributed by atoms with van der Waals surface area (Å²) in [5.74, 6) is 0.0861. The van der Waals surface area contributed by atoms with Crippen LogP contribution in [0.5, 0.6) is 0 Å². The van der Waals surface area contributed by atoms with E-state index in [1.807, 2.05) is 61.5 Å². The maximum Gasteiger partial charge on any atom is 0.230 e. The van der Waals surface area contributed by atoms with E-state index in [2.05, 4.69) is 15.5 Å². The van der Waals surface area contributed by atoms with E-state index in [4.69, 9.17) is 0 Å². The zero-order chi connectivity index (χ0) is 21.6. The minimum atomic E-state index is -0.375. The lowest BCUT2D eigenvalue weighted by atomic mass is 10.2. The molecule has 1 heterocycles. The number of halogens is 1. The molecule has 0 aliphatic carbocycles. The Morgan fingerprint density at radius 1 is 0.968 bits per heavy atom. The Balaban J connectivity index is 1.56. The van der Waals surface area contributed by atoms with Crippen LogP contribution >= 0.6 is 11.8 Å². The van der Waals surface area contributed by atoms with Crippen molar-refractivity contribution in [1.82, 2.24) is 20.1 Å². The van der Waals surface area contributed by atoms with Crippen molar-refractivity contribution in [3.63, 3.8) is 0 Å². The topological polar surface area (TPSA) is 59.8 Å². The Kier molecular flexibility index (Phi) is 6.43. The molecule has 7 heteroatoms. The van der Waals surface area contributed by atoms with Crippen LogP contribution in [0.2, 0.25) is 0 Å². The fourth-order valence-corrected chi connectivity index (χ4v) is 3.87. The third-order valence-electron chi connectivity index (χ3n) is 4.71. The number of thioether (sulfide) groups is 1. The molecule has 5 nitrogen and oxygen atoms in total. The second-order valence-corrected chi connectivity index (χ2v) is 7.95. The second-order valence-electron chi connectivity index (χ2n) is 7.01. The summed E-state index contributed by atoms with van der Waals surface area (Å²) in [6.07, 6.45) is 0. The van der Waals surface area contributed by atoms with Gasteiger partial charge in [-0.2, -0.15) is 0 Å². The van der Waals surface area contributed by atoms with E-state index < -0.39 is 0 Å². The lowest BCUT2D eigenvalue weighted by Gasteiger charge is -2.11. The van der Waals surface area contributed by atoms with Crippen molar-refractivity contribution in [2.75, 3.05) is 5.75 Å². The summed E-state index contributed by atoms with van der Waals surface area (Å²) >= 11 is 1.27. The third-order valence-corrected chi connectivity index (χ3v) is 5.63. The lowest BCUT2D eigenvalue weighted by molar-refractivity contribution is -0.118. The summed E-state index contributed by atoms with van der Waals surface area (Å²) in [5, 5.41) is 11.9. The van der Waals surface area contributed by atoms with Crippen LogP contribution in [0.4, 0.5) is 4.39 Å². The van der Waals surface area contributed by atoms with Crippen LogP contribution in [0.3, 0.4) is 0 Å². The van der Waals surface area contributed by atoms with E-state index in [1.165, 1.54) is 17.8 Å². The molecule has 0 spiro atoms. The zero-order valence-electron chi connectivity index (χ0n) is 17.0. The van der Waals surface area contributed by atoms with E-state index in [1.54, 1.807) is 22.8 Å². The molecule has 0 aliphatic rings. The first-order chi connectivity index (χ1) is 15.1. The average molecular weight is 433 g/mol. The standard InChI is InChI=1S/C24H21FN4OS/c1-17-11-13-19(14-12-17)29-23(20-9-5-6-10-21(20)25)27-28-24(29)31-16-22(30)26-15-18-7-3-2-4-8-18/h2-14H,15-16H2,1H3,(H,26,30). The van der Waals surface area contributed by atoms with Gasteiger partial charge in [-0.25, -0.2) is 4.39 Å². The smallest absolute Gasteiger partial charge is 0.230 e. The van der Waals surface area contributed by atoms with Gasteiger partial charge in [0, 0.05) is 12.2 Å². The number of rotatable bonds is 7. The van der Waals surface area contributed by atoms with Gasteiger partial charge in [-0.05, 0) is 36.8 Å². The number of nitrogens with zero attached hydrogens (tertiary/aromatic N) is 3. The summed E-state index contributed by atoms with van der Waals surface area (Å²) in [4.78, 5) is 12.4. The van der Waals surface area contributed by atoms with Crippen molar-refractivity contribution >= 4 is 17.7 Å². The van der Waals surface area contributed by atoms with Crippen molar-refractivity contribution in [1.29, 1.82) is 0 Å². The molecule has 31 heavy (non-hydrogen) atoms. The van der Waals surface area contributed by atoms with Gasteiger partial charge in [0.1, 0.15) is 5.82 Å². The Bertz CT molecular complexity index is 1180. The van der Waals surface area contributed by atoms with Crippen molar-refractivity contribution in [3.8, 4) is 17.1 Å². The Labute approximate surface area is 184 Å². The van der Waals surface area contributed by atoms with Gasteiger partial charge in [-0.1, -0.05) is 71.9 Å². The van der Waals surface area contributed by atoms with Gasteiger partial charge < -0.3 is 5.32 Å². The van der Waals surface area contributed by atoms with E-state index in [9.17, 15) is 9.18 Å². The summed E-state index contributed by atoms with van der Waals surface area (Å²) in [6, 6.07) is 24.0. The number of hydrogen-bond donors (Lipinski definition) is 1. The van der Waals surface area contributed by atoms with Crippen LogP contribution in [0, 0.1) is 12.7 Å². The van der Waals surface area contributed by atoms with Gasteiger partial charge in [0.05, 0.1) is 11.3 Å². The molecule has 0 unspecified atom stereocenters. The van der Waals surface area contributed by atoms with E-state index in [0.717, 1.165) is 16.8 Å². The van der Waals surface area contributed by atoms with Crippen LogP contribution < -0.4 is 5.32 Å². The van der Waals surface area contributed by atoms with Gasteiger partial charge in [0.2, 0.25) is 5.91 Å². The monoisotopic (exact) mass is 432 g/mol. The second kappa shape index (κ2) is 9.57. The highest BCUT2D eigenvalue weighted by molar-refractivity contribution is 7.99. The maximum atomic E-state index is 14.5. The van der Waals surface area contributed by atoms with E-state index in [-0.39, 0.29) is 17.5 Å². The number of carbonyl (C=O) groups excluding carboxylic acids is 1. The van der Waals surface area contributed by atoms with Crippen LogP contribution in [0.25, 0.3) is 17.1 Å². The third kappa shape index (κ3) is 5.00. The minimum absolute atomic E-state index is 0.111. The first-order valence-corrected chi connectivity index (χ1v) is 10.8. The first kappa shape index (κ1) is 20.8. The highest BCUT2D eigenvalue weighted by atomic mass is 32.2. The predicted octanol–water partition coefficient (Wildman–Crippen LogP) is 4.79. The van der Waals surface area contributed by atoms with Crippen LogP contribution in [0.15, 0.2) is 84.0 Å². The molecule has 0 saturated carbocycles.